The van der Waals surface area contributed by atoms with Crippen molar-refractivity contribution in [3.63, 3.8) is 0 Å². The Morgan fingerprint density at radius 3 is 2.11 bits per heavy atom. The Morgan fingerprint density at radius 2 is 1.47 bits per heavy atom. The Balaban J connectivity index is 1.57. The number of hydrogen-bond acceptors (Lipinski definition) is 4. The van der Waals surface area contributed by atoms with Crippen molar-refractivity contribution in [2.45, 2.75) is 138 Å². The number of ketones is 1. The summed E-state index contributed by atoms with van der Waals surface area (Å²) >= 11 is 0. The van der Waals surface area contributed by atoms with Crippen LogP contribution in [0.2, 0.25) is 0 Å². The van der Waals surface area contributed by atoms with E-state index in [1.54, 1.807) is 0 Å². The first-order chi connectivity index (χ1) is 16.4. The fraction of sp³-hybridized carbons (Fsp3) is 0.938. The lowest BCUT2D eigenvalue weighted by atomic mass is 9.30. The molecule has 5 fully saturated rings. The maximum absolute atomic E-state index is 14.4. The normalized spacial score (nSPS) is 53.3. The Hall–Kier alpha value is -0.900. The fourth-order valence-corrected chi connectivity index (χ4v) is 11.4. The fourth-order valence-electron chi connectivity index (χ4n) is 11.4. The molecule has 5 saturated carbocycles. The predicted molar refractivity (Wildman–Crippen MR) is 142 cm³/mol. The van der Waals surface area contributed by atoms with E-state index in [9.17, 15) is 14.7 Å². The summed E-state index contributed by atoms with van der Waals surface area (Å²) in [5.74, 6) is 0.622. The van der Waals surface area contributed by atoms with E-state index < -0.39 is 11.0 Å². The van der Waals surface area contributed by atoms with Gasteiger partial charge >= 0.3 is 5.97 Å². The zero-order chi connectivity index (χ0) is 26.7. The number of ether oxygens (including phenoxy) is 1. The lowest BCUT2D eigenvalue weighted by molar-refractivity contribution is -0.293. The predicted octanol–water partition coefficient (Wildman–Crippen LogP) is 7.11. The van der Waals surface area contributed by atoms with Crippen molar-refractivity contribution in [2.24, 2.45) is 50.2 Å². The van der Waals surface area contributed by atoms with Crippen molar-refractivity contribution in [2.75, 3.05) is 0 Å². The summed E-state index contributed by atoms with van der Waals surface area (Å²) in [5, 5.41) is 12.8. The van der Waals surface area contributed by atoms with Gasteiger partial charge in [0.2, 0.25) is 0 Å². The summed E-state index contributed by atoms with van der Waals surface area (Å²) < 4.78 is 5.85. The average molecular weight is 501 g/mol. The minimum absolute atomic E-state index is 0.000263. The van der Waals surface area contributed by atoms with Crippen molar-refractivity contribution in [3.8, 4) is 0 Å². The number of Topliss-reactive ketones (excluding diaryl/α,β-unsaturated/α-hetero) is 1. The van der Waals surface area contributed by atoms with Crippen LogP contribution >= 0.6 is 0 Å². The number of aliphatic hydroxyl groups is 1. The number of hydrogen-bond donors (Lipinski definition) is 1. The molecular weight excluding hydrogens is 448 g/mol. The molecule has 5 aliphatic carbocycles. The van der Waals surface area contributed by atoms with Gasteiger partial charge in [-0.2, -0.15) is 0 Å². The Bertz CT molecular complexity index is 967. The van der Waals surface area contributed by atoms with Crippen molar-refractivity contribution in [1.82, 2.24) is 0 Å². The third-order valence-corrected chi connectivity index (χ3v) is 13.9. The summed E-state index contributed by atoms with van der Waals surface area (Å²) in [5.41, 5.74) is -1.66. The molecule has 0 aromatic carbocycles. The molecular formula is C32H52O4. The van der Waals surface area contributed by atoms with E-state index in [0.29, 0.717) is 12.3 Å². The molecule has 1 N–H and O–H groups in total. The molecule has 0 saturated heterocycles. The van der Waals surface area contributed by atoms with E-state index in [0.717, 1.165) is 51.4 Å². The van der Waals surface area contributed by atoms with Crippen molar-refractivity contribution in [3.05, 3.63) is 0 Å². The third-order valence-electron chi connectivity index (χ3n) is 13.9. The van der Waals surface area contributed by atoms with Gasteiger partial charge < -0.3 is 9.84 Å². The van der Waals surface area contributed by atoms with Crippen molar-refractivity contribution >= 4 is 11.8 Å². The van der Waals surface area contributed by atoms with Gasteiger partial charge in [-0.25, -0.2) is 0 Å². The lowest BCUT2D eigenvalue weighted by Gasteiger charge is -2.75. The lowest BCUT2D eigenvalue weighted by Crippen LogP contribution is -2.76. The average Bonchev–Trinajstić information content (AvgIpc) is 2.76. The van der Waals surface area contributed by atoms with E-state index in [1.807, 2.05) is 0 Å². The molecule has 0 aromatic rings. The summed E-state index contributed by atoms with van der Waals surface area (Å²) in [7, 11) is 0. The van der Waals surface area contributed by atoms with E-state index in [1.165, 1.54) is 13.3 Å². The SMILES string of the molecule is CC(=O)OC1CC[C@@]2(C)[C@@H](CC[C@]3(C)[C@H]2CC(=O)[C@]2(O)[C@H]4CC(C)(C)CC[C@]4(C)CC[C@@]32C)C1(C)C. The van der Waals surface area contributed by atoms with Crippen LogP contribution in [0.25, 0.3) is 0 Å². The molecule has 4 heteroatoms. The first-order valence-electron chi connectivity index (χ1n) is 14.8. The number of fused-ring (bicyclic) bond motifs is 7. The van der Waals surface area contributed by atoms with Gasteiger partial charge in [0.15, 0.2) is 5.78 Å². The van der Waals surface area contributed by atoms with Gasteiger partial charge in [-0.15, -0.1) is 0 Å². The van der Waals surface area contributed by atoms with Crippen LogP contribution in [0.3, 0.4) is 0 Å². The largest absolute Gasteiger partial charge is 0.462 e. The van der Waals surface area contributed by atoms with Gasteiger partial charge in [0, 0.05) is 30.1 Å². The van der Waals surface area contributed by atoms with Gasteiger partial charge in [0.25, 0.3) is 0 Å². The van der Waals surface area contributed by atoms with Crippen molar-refractivity contribution < 1.29 is 19.4 Å². The van der Waals surface area contributed by atoms with Crippen molar-refractivity contribution in [1.29, 1.82) is 0 Å². The molecule has 36 heavy (non-hydrogen) atoms. The first kappa shape index (κ1) is 26.7. The second-order valence-electron chi connectivity index (χ2n) is 16.3. The zero-order valence-corrected chi connectivity index (χ0v) is 24.6. The monoisotopic (exact) mass is 500 g/mol. The van der Waals surface area contributed by atoms with E-state index in [2.05, 4.69) is 55.4 Å². The summed E-state index contributed by atoms with van der Waals surface area (Å²) in [6.45, 7) is 20.3. The molecule has 0 aliphatic heterocycles. The smallest absolute Gasteiger partial charge is 0.302 e. The zero-order valence-electron chi connectivity index (χ0n) is 24.6. The van der Waals surface area contributed by atoms with Crippen LogP contribution < -0.4 is 0 Å². The molecule has 1 unspecified atom stereocenters. The first-order valence-corrected chi connectivity index (χ1v) is 14.8. The number of carbonyl (C=O) groups is 2. The highest BCUT2D eigenvalue weighted by Crippen LogP contribution is 2.77. The molecule has 9 atom stereocenters. The van der Waals surface area contributed by atoms with Crippen LogP contribution in [0.15, 0.2) is 0 Å². The Labute approximate surface area is 219 Å². The molecule has 0 aromatic heterocycles. The standard InChI is InChI=1S/C32H52O4/c1-20(33)36-25-11-12-29(7)21(27(25,4)5)10-13-30(8)22(29)18-24(34)32(35)23-19-26(2,3)14-15-28(23,6)16-17-31(30,32)9/h21-23,25,35H,10-19H2,1-9H3/t21-,22-,23-,25?,28+,29-,30+,31-,32+/m0/s1. The number of esters is 1. The number of rotatable bonds is 1. The molecule has 0 spiro atoms. The van der Waals surface area contributed by atoms with Gasteiger partial charge in [0.1, 0.15) is 11.7 Å². The Kier molecular flexibility index (Phi) is 5.64. The maximum Gasteiger partial charge on any atom is 0.302 e. The minimum atomic E-state index is -1.24. The maximum atomic E-state index is 14.4. The highest BCUT2D eigenvalue weighted by Gasteiger charge is 2.77. The molecule has 204 valence electrons. The summed E-state index contributed by atoms with van der Waals surface area (Å²) in [4.78, 5) is 26.3. The van der Waals surface area contributed by atoms with E-state index >= 15 is 0 Å². The third kappa shape index (κ3) is 3.15. The quantitative estimate of drug-likeness (QED) is 0.390. The van der Waals surface area contributed by atoms with Crippen LogP contribution in [0.4, 0.5) is 0 Å². The van der Waals surface area contributed by atoms with Gasteiger partial charge in [0.05, 0.1) is 0 Å². The van der Waals surface area contributed by atoms with Crippen LogP contribution in [0, 0.1) is 50.2 Å². The molecule has 0 bridgehead atoms. The van der Waals surface area contributed by atoms with Crippen LogP contribution in [-0.2, 0) is 14.3 Å². The molecule has 0 amide bonds. The molecule has 5 rings (SSSR count). The number of carbonyl (C=O) groups excluding carboxylic acids is 2. The molecule has 0 radical (unpaired) electrons. The topological polar surface area (TPSA) is 63.6 Å². The summed E-state index contributed by atoms with van der Waals surface area (Å²) in [6, 6.07) is 0. The van der Waals surface area contributed by atoms with Crippen LogP contribution in [-0.4, -0.2) is 28.6 Å². The Morgan fingerprint density at radius 1 is 0.833 bits per heavy atom. The minimum Gasteiger partial charge on any atom is -0.462 e. The van der Waals surface area contributed by atoms with Crippen LogP contribution in [0.5, 0.6) is 0 Å². The molecule has 4 nitrogen and oxygen atoms in total. The second kappa shape index (κ2) is 7.60. The van der Waals surface area contributed by atoms with Gasteiger partial charge in [-0.3, -0.25) is 9.59 Å². The summed E-state index contributed by atoms with van der Waals surface area (Å²) in [6.07, 6.45) is 9.67. The van der Waals surface area contributed by atoms with Gasteiger partial charge in [-0.1, -0.05) is 55.4 Å². The molecule has 5 aliphatic rings. The highest BCUT2D eigenvalue weighted by molar-refractivity contribution is 5.90. The van der Waals surface area contributed by atoms with Crippen LogP contribution in [0.1, 0.15) is 127 Å². The molecule has 0 heterocycles. The highest BCUT2D eigenvalue weighted by atomic mass is 16.5. The van der Waals surface area contributed by atoms with Gasteiger partial charge in [-0.05, 0) is 91.3 Å². The van der Waals surface area contributed by atoms with E-state index in [-0.39, 0.29) is 56.8 Å². The van der Waals surface area contributed by atoms with E-state index in [4.69, 9.17) is 4.74 Å². The second-order valence-corrected chi connectivity index (χ2v) is 16.3.